The van der Waals surface area contributed by atoms with E-state index < -0.39 is 11.7 Å². The van der Waals surface area contributed by atoms with Gasteiger partial charge in [0.05, 0.1) is 5.56 Å². The van der Waals surface area contributed by atoms with Crippen LogP contribution < -0.4 is 5.73 Å². The van der Waals surface area contributed by atoms with Crippen LogP contribution in [0.3, 0.4) is 0 Å². The Balaban J connectivity index is 2.10. The lowest BCUT2D eigenvalue weighted by Gasteiger charge is -2.26. The van der Waals surface area contributed by atoms with Gasteiger partial charge in [-0.2, -0.15) is 13.2 Å². The second-order valence-corrected chi connectivity index (χ2v) is 5.40. The first-order valence-corrected chi connectivity index (χ1v) is 6.83. The molecule has 0 unspecified atom stereocenters. The largest absolute Gasteiger partial charge is 0.416 e. The van der Waals surface area contributed by atoms with E-state index in [-0.39, 0.29) is 17.3 Å². The van der Waals surface area contributed by atoms with Crippen molar-refractivity contribution in [2.45, 2.75) is 31.9 Å². The molecule has 0 bridgehead atoms. The molecule has 0 aliphatic heterocycles. The summed E-state index contributed by atoms with van der Waals surface area (Å²) < 4.78 is 37.9. The molecule has 0 saturated heterocycles. The van der Waals surface area contributed by atoms with Crippen molar-refractivity contribution in [2.24, 2.45) is 17.6 Å². The molecule has 2 rings (SSSR count). The number of carbonyl (C=O) groups excluding carboxylic acids is 1. The number of nitrogens with two attached hydrogens (primary N) is 1. The zero-order valence-electron chi connectivity index (χ0n) is 11.1. The molecule has 2 N–H and O–H groups in total. The zero-order chi connectivity index (χ0) is 14.8. The van der Waals surface area contributed by atoms with Gasteiger partial charge in [-0.05, 0) is 50.3 Å². The van der Waals surface area contributed by atoms with Crippen LogP contribution in [0.4, 0.5) is 13.2 Å². The smallest absolute Gasteiger partial charge is 0.330 e. The van der Waals surface area contributed by atoms with Crippen molar-refractivity contribution in [1.29, 1.82) is 0 Å². The minimum atomic E-state index is -4.41. The molecule has 5 heteroatoms. The highest BCUT2D eigenvalue weighted by Crippen LogP contribution is 2.33. The van der Waals surface area contributed by atoms with Crippen LogP contribution in [0.25, 0.3) is 0 Å². The molecule has 0 atom stereocenters. The summed E-state index contributed by atoms with van der Waals surface area (Å²) in [4.78, 5) is 12.3. The summed E-state index contributed by atoms with van der Waals surface area (Å²) in [6.07, 6.45) is -1.21. The lowest BCUT2D eigenvalue weighted by Crippen LogP contribution is -2.26. The first kappa shape index (κ1) is 15.0. The van der Waals surface area contributed by atoms with Crippen molar-refractivity contribution in [2.75, 3.05) is 6.54 Å². The molecule has 0 aromatic heterocycles. The van der Waals surface area contributed by atoms with E-state index in [2.05, 4.69) is 0 Å². The van der Waals surface area contributed by atoms with Gasteiger partial charge >= 0.3 is 6.18 Å². The lowest BCUT2D eigenvalue weighted by molar-refractivity contribution is -0.137. The fourth-order valence-electron chi connectivity index (χ4n) is 2.74. The summed E-state index contributed by atoms with van der Waals surface area (Å²) in [5.41, 5.74) is 4.99. The molecule has 1 aromatic rings. The third kappa shape index (κ3) is 3.39. The Bertz CT molecular complexity index is 476. The van der Waals surface area contributed by atoms with Gasteiger partial charge < -0.3 is 5.73 Å². The summed E-state index contributed by atoms with van der Waals surface area (Å²) in [6.45, 7) is 0.616. The van der Waals surface area contributed by atoms with Crippen LogP contribution in [0.2, 0.25) is 0 Å². The fraction of sp³-hybridized carbons (Fsp3) is 0.533. The zero-order valence-corrected chi connectivity index (χ0v) is 11.1. The van der Waals surface area contributed by atoms with Crippen LogP contribution >= 0.6 is 0 Å². The van der Waals surface area contributed by atoms with Crippen molar-refractivity contribution in [1.82, 2.24) is 0 Å². The topological polar surface area (TPSA) is 43.1 Å². The van der Waals surface area contributed by atoms with Crippen molar-refractivity contribution >= 4 is 5.78 Å². The summed E-state index contributed by atoms with van der Waals surface area (Å²) in [7, 11) is 0. The van der Waals surface area contributed by atoms with Gasteiger partial charge in [0, 0.05) is 11.5 Å². The minimum Gasteiger partial charge on any atom is -0.330 e. The maximum atomic E-state index is 12.6. The van der Waals surface area contributed by atoms with E-state index in [0.717, 1.165) is 37.8 Å². The number of benzene rings is 1. The number of hydrogen-bond donors (Lipinski definition) is 1. The van der Waals surface area contributed by atoms with Gasteiger partial charge in [0.2, 0.25) is 0 Å². The van der Waals surface area contributed by atoms with E-state index in [1.54, 1.807) is 0 Å². The molecule has 1 fully saturated rings. The van der Waals surface area contributed by atoms with Gasteiger partial charge in [-0.1, -0.05) is 12.1 Å². The predicted octanol–water partition coefficient (Wildman–Crippen LogP) is 3.65. The van der Waals surface area contributed by atoms with Crippen molar-refractivity contribution < 1.29 is 18.0 Å². The van der Waals surface area contributed by atoms with Crippen LogP contribution in [0.15, 0.2) is 24.3 Å². The van der Waals surface area contributed by atoms with Crippen LogP contribution in [-0.4, -0.2) is 12.3 Å². The molecule has 2 nitrogen and oxygen atoms in total. The molecular formula is C15H18F3NO. The van der Waals surface area contributed by atoms with E-state index in [1.165, 1.54) is 12.1 Å². The number of Topliss-reactive ketones (excluding diaryl/α,β-unsaturated/α-hetero) is 1. The number of rotatable bonds is 3. The number of alkyl halides is 3. The fourth-order valence-corrected chi connectivity index (χ4v) is 2.74. The molecule has 1 aliphatic rings. The first-order valence-electron chi connectivity index (χ1n) is 6.83. The summed E-state index contributed by atoms with van der Waals surface area (Å²) in [6, 6.07) is 4.70. The van der Waals surface area contributed by atoms with Crippen molar-refractivity contribution in [3.63, 3.8) is 0 Å². The average molecular weight is 285 g/mol. The van der Waals surface area contributed by atoms with E-state index in [4.69, 9.17) is 5.73 Å². The summed E-state index contributed by atoms with van der Waals surface area (Å²) >= 11 is 0. The molecule has 0 radical (unpaired) electrons. The highest BCUT2D eigenvalue weighted by Gasteiger charge is 2.32. The highest BCUT2D eigenvalue weighted by molar-refractivity contribution is 5.98. The Morgan fingerprint density at radius 1 is 1.20 bits per heavy atom. The molecule has 0 heterocycles. The second-order valence-electron chi connectivity index (χ2n) is 5.40. The Hall–Kier alpha value is -1.36. The summed E-state index contributed by atoms with van der Waals surface area (Å²) in [5, 5.41) is 0. The van der Waals surface area contributed by atoms with Crippen molar-refractivity contribution in [3.05, 3.63) is 35.4 Å². The van der Waals surface area contributed by atoms with Gasteiger partial charge in [0.1, 0.15) is 0 Å². The van der Waals surface area contributed by atoms with Crippen LogP contribution in [0, 0.1) is 11.8 Å². The molecule has 20 heavy (non-hydrogen) atoms. The summed E-state index contributed by atoms with van der Waals surface area (Å²) in [5.74, 6) is 0.105. The van der Waals surface area contributed by atoms with E-state index in [0.29, 0.717) is 12.5 Å². The van der Waals surface area contributed by atoms with E-state index in [1.807, 2.05) is 0 Å². The van der Waals surface area contributed by atoms with Crippen molar-refractivity contribution in [3.8, 4) is 0 Å². The van der Waals surface area contributed by atoms with E-state index in [9.17, 15) is 18.0 Å². The monoisotopic (exact) mass is 285 g/mol. The number of halogens is 3. The average Bonchev–Trinajstić information content (AvgIpc) is 2.46. The van der Waals surface area contributed by atoms with Crippen LogP contribution in [-0.2, 0) is 6.18 Å². The van der Waals surface area contributed by atoms with Gasteiger partial charge in [-0.3, -0.25) is 4.79 Å². The Morgan fingerprint density at radius 2 is 1.85 bits per heavy atom. The number of ketones is 1. The molecule has 110 valence electrons. The van der Waals surface area contributed by atoms with Gasteiger partial charge in [0.15, 0.2) is 5.78 Å². The SMILES string of the molecule is NCC1CCC(C(=O)c2cccc(C(F)(F)F)c2)CC1. The second kappa shape index (κ2) is 5.95. The normalized spacial score (nSPS) is 23.6. The third-order valence-electron chi connectivity index (χ3n) is 4.03. The Morgan fingerprint density at radius 3 is 2.40 bits per heavy atom. The lowest BCUT2D eigenvalue weighted by atomic mass is 9.78. The molecule has 1 saturated carbocycles. The third-order valence-corrected chi connectivity index (χ3v) is 4.03. The van der Waals surface area contributed by atoms with Gasteiger partial charge in [-0.15, -0.1) is 0 Å². The molecule has 1 aliphatic carbocycles. The number of carbonyl (C=O) groups is 1. The molecule has 1 aromatic carbocycles. The molecule has 0 spiro atoms. The van der Waals surface area contributed by atoms with E-state index >= 15 is 0 Å². The Labute approximate surface area is 116 Å². The minimum absolute atomic E-state index is 0.163. The standard InChI is InChI=1S/C15H18F3NO/c16-15(17,18)13-3-1-2-12(8-13)14(20)11-6-4-10(9-19)5-7-11/h1-3,8,10-11H,4-7,9,19H2. The molecule has 0 amide bonds. The maximum Gasteiger partial charge on any atom is 0.416 e. The first-order chi connectivity index (χ1) is 9.41. The van der Waals surface area contributed by atoms with Crippen LogP contribution in [0.5, 0.6) is 0 Å². The number of hydrogen-bond acceptors (Lipinski definition) is 2. The highest BCUT2D eigenvalue weighted by atomic mass is 19.4. The van der Waals surface area contributed by atoms with Crippen LogP contribution in [0.1, 0.15) is 41.6 Å². The molecular weight excluding hydrogens is 267 g/mol. The van der Waals surface area contributed by atoms with Gasteiger partial charge in [0.25, 0.3) is 0 Å². The quantitative estimate of drug-likeness (QED) is 0.861. The van der Waals surface area contributed by atoms with Gasteiger partial charge in [-0.25, -0.2) is 0 Å². The maximum absolute atomic E-state index is 12.6. The Kier molecular flexibility index (Phi) is 4.48. The predicted molar refractivity (Wildman–Crippen MR) is 70.3 cm³/mol.